The van der Waals surface area contributed by atoms with Crippen molar-refractivity contribution in [2.45, 2.75) is 12.7 Å². The molecular weight excluding hydrogens is 421 g/mol. The highest BCUT2D eigenvalue weighted by Gasteiger charge is 2.33. The van der Waals surface area contributed by atoms with Gasteiger partial charge in [0.15, 0.2) is 0 Å². The van der Waals surface area contributed by atoms with E-state index in [1.54, 1.807) is 24.3 Å². The molecule has 0 aliphatic rings. The number of benzene rings is 2. The summed E-state index contributed by atoms with van der Waals surface area (Å²) in [6.07, 6.45) is -4.64. The highest BCUT2D eigenvalue weighted by atomic mass is 35.5. The number of alkyl halides is 3. The maximum atomic E-state index is 13.0. The maximum absolute atomic E-state index is 13.0. The number of anilines is 2. The Hall–Kier alpha value is -3.30. The van der Waals surface area contributed by atoms with Crippen LogP contribution in [-0.4, -0.2) is 10.9 Å². The number of nitrogens with two attached hydrogens (primary N) is 2. The van der Waals surface area contributed by atoms with Gasteiger partial charge >= 0.3 is 6.18 Å². The van der Waals surface area contributed by atoms with E-state index in [-0.39, 0.29) is 41.7 Å². The van der Waals surface area contributed by atoms with Crippen molar-refractivity contribution in [3.63, 3.8) is 0 Å². The molecule has 0 unspecified atom stereocenters. The van der Waals surface area contributed by atoms with Crippen LogP contribution >= 0.6 is 12.4 Å². The van der Waals surface area contributed by atoms with E-state index in [0.717, 1.165) is 6.07 Å². The first kappa shape index (κ1) is 23.0. The van der Waals surface area contributed by atoms with Crippen molar-refractivity contribution in [3.8, 4) is 11.6 Å². The molecule has 2 aromatic carbocycles. The lowest BCUT2D eigenvalue weighted by molar-refractivity contribution is -0.141. The standard InChI is InChI=1S/C20H17F3N4O2.ClH/c21-20(22,23)17-8-12(11-24)9-18(27-17)29-14-5-3-4-13(10-14)19(28)26-16-7-2-1-6-15(16)25;/h1-10H,11,24-25H2,(H,26,28);1H. The van der Waals surface area contributed by atoms with Crippen molar-refractivity contribution in [3.05, 3.63) is 77.5 Å². The summed E-state index contributed by atoms with van der Waals surface area (Å²) >= 11 is 0. The zero-order valence-corrected chi connectivity index (χ0v) is 16.3. The van der Waals surface area contributed by atoms with Gasteiger partial charge in [0, 0.05) is 18.2 Å². The first-order valence-corrected chi connectivity index (χ1v) is 8.48. The number of nitrogen functional groups attached to an aromatic ring is 1. The SMILES string of the molecule is Cl.NCc1cc(Oc2cccc(C(=O)Nc3ccccc3N)c2)nc(C(F)(F)F)c1. The van der Waals surface area contributed by atoms with Gasteiger partial charge in [0.25, 0.3) is 5.91 Å². The van der Waals surface area contributed by atoms with Gasteiger partial charge in [-0.3, -0.25) is 4.79 Å². The molecule has 1 heterocycles. The molecular formula is C20H18ClF3N4O2. The first-order chi connectivity index (χ1) is 13.8. The summed E-state index contributed by atoms with van der Waals surface area (Å²) in [4.78, 5) is 15.9. The van der Waals surface area contributed by atoms with Gasteiger partial charge in [-0.15, -0.1) is 12.4 Å². The fourth-order valence-corrected chi connectivity index (χ4v) is 2.50. The predicted octanol–water partition coefficient (Wildman–Crippen LogP) is 4.61. The Morgan fingerprint density at radius 3 is 2.47 bits per heavy atom. The van der Waals surface area contributed by atoms with E-state index in [1.165, 1.54) is 30.3 Å². The number of aromatic nitrogens is 1. The zero-order valence-electron chi connectivity index (χ0n) is 15.4. The van der Waals surface area contributed by atoms with Crippen LogP contribution in [0.3, 0.4) is 0 Å². The molecule has 0 fully saturated rings. The smallest absolute Gasteiger partial charge is 0.433 e. The minimum Gasteiger partial charge on any atom is -0.439 e. The third-order valence-electron chi connectivity index (χ3n) is 3.92. The van der Waals surface area contributed by atoms with Crippen LogP contribution in [0.4, 0.5) is 24.5 Å². The molecule has 0 saturated carbocycles. The number of carbonyl (C=O) groups is 1. The average Bonchev–Trinajstić information content (AvgIpc) is 2.69. The molecule has 6 nitrogen and oxygen atoms in total. The van der Waals surface area contributed by atoms with Crippen LogP contribution < -0.4 is 21.5 Å². The lowest BCUT2D eigenvalue weighted by atomic mass is 10.2. The number of amides is 1. The molecule has 0 atom stereocenters. The molecule has 0 bridgehead atoms. The minimum atomic E-state index is -4.64. The van der Waals surface area contributed by atoms with Gasteiger partial charge in [0.05, 0.1) is 11.4 Å². The van der Waals surface area contributed by atoms with E-state index in [2.05, 4.69) is 10.3 Å². The molecule has 0 aliphatic heterocycles. The quantitative estimate of drug-likeness (QED) is 0.505. The van der Waals surface area contributed by atoms with E-state index >= 15 is 0 Å². The predicted molar refractivity (Wildman–Crippen MR) is 110 cm³/mol. The van der Waals surface area contributed by atoms with Crippen molar-refractivity contribution in [2.75, 3.05) is 11.1 Å². The van der Waals surface area contributed by atoms with Gasteiger partial charge in [-0.25, -0.2) is 4.98 Å². The second-order valence-corrected chi connectivity index (χ2v) is 6.07. The Labute approximate surface area is 176 Å². The van der Waals surface area contributed by atoms with E-state index in [4.69, 9.17) is 16.2 Å². The summed E-state index contributed by atoms with van der Waals surface area (Å²) < 4.78 is 44.5. The van der Waals surface area contributed by atoms with Gasteiger partial charge in [-0.05, 0) is 42.0 Å². The van der Waals surface area contributed by atoms with Crippen LogP contribution in [0.5, 0.6) is 11.6 Å². The molecule has 0 radical (unpaired) electrons. The summed E-state index contributed by atoms with van der Waals surface area (Å²) in [7, 11) is 0. The molecule has 0 saturated heterocycles. The number of rotatable bonds is 5. The Morgan fingerprint density at radius 2 is 1.80 bits per heavy atom. The Balaban J connectivity index is 0.00000320. The Morgan fingerprint density at radius 1 is 1.07 bits per heavy atom. The summed E-state index contributed by atoms with van der Waals surface area (Å²) in [6.45, 7) is -0.108. The fraction of sp³-hybridized carbons (Fsp3) is 0.100. The molecule has 158 valence electrons. The third-order valence-corrected chi connectivity index (χ3v) is 3.92. The normalized spacial score (nSPS) is 10.8. The van der Waals surface area contributed by atoms with Crippen LogP contribution in [0.2, 0.25) is 0 Å². The lowest BCUT2D eigenvalue weighted by Gasteiger charge is -2.12. The first-order valence-electron chi connectivity index (χ1n) is 8.48. The number of ether oxygens (including phenoxy) is 1. The van der Waals surface area contributed by atoms with Crippen molar-refractivity contribution < 1.29 is 22.7 Å². The number of para-hydroxylation sites is 2. The van der Waals surface area contributed by atoms with Gasteiger partial charge in [0.2, 0.25) is 5.88 Å². The zero-order chi connectivity index (χ0) is 21.0. The molecule has 0 aliphatic carbocycles. The average molecular weight is 439 g/mol. The van der Waals surface area contributed by atoms with Gasteiger partial charge in [-0.2, -0.15) is 13.2 Å². The van der Waals surface area contributed by atoms with Gasteiger partial charge in [0.1, 0.15) is 11.4 Å². The number of nitrogens with one attached hydrogen (secondary N) is 1. The van der Waals surface area contributed by atoms with Crippen LogP contribution in [0.1, 0.15) is 21.6 Å². The molecule has 10 heteroatoms. The Kier molecular flexibility index (Phi) is 7.25. The second kappa shape index (κ2) is 9.47. The molecule has 30 heavy (non-hydrogen) atoms. The van der Waals surface area contributed by atoms with Crippen LogP contribution in [0.15, 0.2) is 60.7 Å². The fourth-order valence-electron chi connectivity index (χ4n) is 2.50. The van der Waals surface area contributed by atoms with Crippen LogP contribution in [-0.2, 0) is 12.7 Å². The van der Waals surface area contributed by atoms with Crippen LogP contribution in [0.25, 0.3) is 0 Å². The van der Waals surface area contributed by atoms with Gasteiger partial charge in [-0.1, -0.05) is 18.2 Å². The third kappa shape index (κ3) is 5.62. The van der Waals surface area contributed by atoms with Crippen molar-refractivity contribution in [1.29, 1.82) is 0 Å². The van der Waals surface area contributed by atoms with E-state index < -0.39 is 17.8 Å². The van der Waals surface area contributed by atoms with Crippen molar-refractivity contribution in [2.24, 2.45) is 5.73 Å². The molecule has 3 aromatic rings. The molecule has 1 aromatic heterocycles. The van der Waals surface area contributed by atoms with Crippen molar-refractivity contribution in [1.82, 2.24) is 4.98 Å². The number of pyridine rings is 1. The van der Waals surface area contributed by atoms with E-state index in [0.29, 0.717) is 11.4 Å². The lowest BCUT2D eigenvalue weighted by Crippen LogP contribution is -2.13. The highest BCUT2D eigenvalue weighted by molar-refractivity contribution is 6.05. The summed E-state index contributed by atoms with van der Waals surface area (Å²) in [5.41, 5.74) is 11.4. The summed E-state index contributed by atoms with van der Waals surface area (Å²) in [5, 5.41) is 2.66. The molecule has 3 rings (SSSR count). The molecule has 0 spiro atoms. The van der Waals surface area contributed by atoms with E-state index in [1.807, 2.05) is 0 Å². The van der Waals surface area contributed by atoms with Gasteiger partial charge < -0.3 is 21.5 Å². The summed E-state index contributed by atoms with van der Waals surface area (Å²) in [6, 6.07) is 14.9. The topological polar surface area (TPSA) is 103 Å². The highest BCUT2D eigenvalue weighted by Crippen LogP contribution is 2.31. The van der Waals surface area contributed by atoms with Crippen LogP contribution in [0, 0.1) is 0 Å². The number of carbonyl (C=O) groups excluding carboxylic acids is 1. The maximum Gasteiger partial charge on any atom is 0.433 e. The number of halogens is 4. The monoisotopic (exact) mass is 438 g/mol. The molecule has 1 amide bonds. The van der Waals surface area contributed by atoms with E-state index in [9.17, 15) is 18.0 Å². The number of nitrogens with zero attached hydrogens (tertiary/aromatic N) is 1. The number of hydrogen-bond acceptors (Lipinski definition) is 5. The molecule has 5 N–H and O–H groups in total. The second-order valence-electron chi connectivity index (χ2n) is 6.07. The Bertz CT molecular complexity index is 1040. The van der Waals surface area contributed by atoms with Crippen molar-refractivity contribution >= 4 is 29.7 Å². The number of hydrogen-bond donors (Lipinski definition) is 3. The summed E-state index contributed by atoms with van der Waals surface area (Å²) in [5.74, 6) is -0.577. The largest absolute Gasteiger partial charge is 0.439 e. The minimum absolute atomic E-state index is 0.